The van der Waals surface area contributed by atoms with Crippen LogP contribution in [0.1, 0.15) is 102 Å². The van der Waals surface area contributed by atoms with Gasteiger partial charge in [-0.2, -0.15) is 0 Å². The summed E-state index contributed by atoms with van der Waals surface area (Å²) >= 11 is 0. The summed E-state index contributed by atoms with van der Waals surface area (Å²) in [5.41, 5.74) is 6.10. The number of hydrogen-bond donors (Lipinski definition) is 4. The first-order valence-corrected chi connectivity index (χ1v) is 15.1. The molecule has 6 nitrogen and oxygen atoms in total. The van der Waals surface area contributed by atoms with E-state index in [0.29, 0.717) is 31.5 Å². The minimum Gasteiger partial charge on any atom is -0.423 e. The number of hydrogen-bond acceptors (Lipinski definition) is 6. The Hall–Kier alpha value is -1.67. The normalized spacial score (nSPS) is 13.4. The highest BCUT2D eigenvalue weighted by Gasteiger charge is 2.43. The van der Waals surface area contributed by atoms with Gasteiger partial charge in [-0.05, 0) is 58.9 Å². The first-order chi connectivity index (χ1) is 19.0. The van der Waals surface area contributed by atoms with Gasteiger partial charge in [0, 0.05) is 31.8 Å². The molecular formula is C31H48B2O6. The van der Waals surface area contributed by atoms with Crippen molar-refractivity contribution in [3.05, 3.63) is 47.5 Å². The molecule has 4 N–H and O–H groups in total. The molecule has 0 radical (unpaired) electrons. The third kappa shape index (κ3) is 8.18. The van der Waals surface area contributed by atoms with E-state index in [-0.39, 0.29) is 18.6 Å². The fourth-order valence-electron chi connectivity index (χ4n) is 5.96. The Bertz CT molecular complexity index is 977. The number of unbranched alkanes of at least 4 members (excludes halogenated alkanes) is 6. The third-order valence-electron chi connectivity index (χ3n) is 8.04. The fraction of sp³-hybridized carbons (Fsp3) is 0.613. The Labute approximate surface area is 236 Å². The zero-order valence-corrected chi connectivity index (χ0v) is 24.0. The Balaban J connectivity index is 2.08. The van der Waals surface area contributed by atoms with Crippen LogP contribution in [0.4, 0.5) is 0 Å². The smallest absolute Gasteiger partial charge is 0.423 e. The molecule has 0 spiro atoms. The number of rotatable bonds is 20. The van der Waals surface area contributed by atoms with Gasteiger partial charge in [-0.1, -0.05) is 102 Å². The summed E-state index contributed by atoms with van der Waals surface area (Å²) in [5, 5.41) is 38.6. The van der Waals surface area contributed by atoms with Crippen molar-refractivity contribution in [3.63, 3.8) is 0 Å². The predicted octanol–water partition coefficient (Wildman–Crippen LogP) is 4.07. The van der Waals surface area contributed by atoms with Crippen molar-refractivity contribution in [1.29, 1.82) is 0 Å². The molecule has 214 valence electrons. The predicted molar refractivity (Wildman–Crippen MR) is 161 cm³/mol. The van der Waals surface area contributed by atoms with Crippen LogP contribution < -0.4 is 10.9 Å². The molecule has 0 fully saturated rings. The van der Waals surface area contributed by atoms with Crippen LogP contribution in [0.15, 0.2) is 36.4 Å². The van der Waals surface area contributed by atoms with E-state index in [2.05, 4.69) is 38.1 Å². The average molecular weight is 538 g/mol. The third-order valence-corrected chi connectivity index (χ3v) is 8.04. The fourth-order valence-corrected chi connectivity index (χ4v) is 5.96. The number of aliphatic hydroxyl groups is 2. The number of aliphatic hydroxyl groups excluding tert-OH is 2. The van der Waals surface area contributed by atoms with Crippen LogP contribution in [0.5, 0.6) is 0 Å². The topological polar surface area (TPSA) is 99.4 Å². The minimum absolute atomic E-state index is 0.0561. The minimum atomic E-state index is -1.50. The molecule has 3 rings (SSSR count). The molecule has 0 heterocycles. The van der Waals surface area contributed by atoms with Crippen molar-refractivity contribution >= 4 is 25.2 Å². The quantitative estimate of drug-likeness (QED) is 0.150. The second-order valence-electron chi connectivity index (χ2n) is 10.9. The molecule has 8 heteroatoms. The van der Waals surface area contributed by atoms with Crippen molar-refractivity contribution < 1.29 is 29.6 Å². The molecule has 0 saturated heterocycles. The lowest BCUT2D eigenvalue weighted by molar-refractivity contribution is 0.171. The van der Waals surface area contributed by atoms with Gasteiger partial charge in [0.25, 0.3) is 0 Å². The van der Waals surface area contributed by atoms with Gasteiger partial charge in [0.1, 0.15) is 0 Å². The van der Waals surface area contributed by atoms with E-state index < -0.39 is 14.2 Å². The highest BCUT2D eigenvalue weighted by atomic mass is 16.6. The summed E-state index contributed by atoms with van der Waals surface area (Å²) in [6, 6.07) is 12.4. The van der Waals surface area contributed by atoms with E-state index in [1.54, 1.807) is 0 Å². The maximum atomic E-state index is 10.0. The van der Waals surface area contributed by atoms with Gasteiger partial charge in [0.15, 0.2) is 0 Å². The van der Waals surface area contributed by atoms with E-state index in [1.807, 2.05) is 12.1 Å². The molecule has 1 aliphatic carbocycles. The van der Waals surface area contributed by atoms with Crippen molar-refractivity contribution in [3.8, 4) is 11.1 Å². The lowest BCUT2D eigenvalue weighted by Gasteiger charge is -2.33. The van der Waals surface area contributed by atoms with E-state index in [1.165, 1.54) is 60.8 Å². The van der Waals surface area contributed by atoms with Crippen LogP contribution >= 0.6 is 0 Å². The average Bonchev–Trinajstić information content (AvgIpc) is 3.21. The maximum Gasteiger partial charge on any atom is 0.493 e. The van der Waals surface area contributed by atoms with Crippen LogP contribution in [0.25, 0.3) is 11.1 Å². The number of benzene rings is 2. The van der Waals surface area contributed by atoms with Crippen molar-refractivity contribution in [2.45, 2.75) is 96.3 Å². The van der Waals surface area contributed by atoms with Crippen LogP contribution in [0.3, 0.4) is 0 Å². The monoisotopic (exact) mass is 538 g/mol. The maximum absolute atomic E-state index is 10.0. The zero-order chi connectivity index (χ0) is 28.1. The molecule has 39 heavy (non-hydrogen) atoms. The number of fused-ring (bicyclic) bond motifs is 3. The van der Waals surface area contributed by atoms with E-state index in [4.69, 9.17) is 9.31 Å². The van der Waals surface area contributed by atoms with Crippen LogP contribution in [-0.2, 0) is 14.7 Å². The summed E-state index contributed by atoms with van der Waals surface area (Å²) in [6.45, 7) is 5.34. The van der Waals surface area contributed by atoms with E-state index >= 15 is 0 Å². The highest BCUT2D eigenvalue weighted by Crippen LogP contribution is 2.53. The summed E-state index contributed by atoms with van der Waals surface area (Å²) in [4.78, 5) is 0. The molecule has 0 aliphatic heterocycles. The van der Waals surface area contributed by atoms with Gasteiger partial charge in [-0.3, -0.25) is 0 Å². The molecule has 0 aromatic heterocycles. The molecule has 0 amide bonds. The largest absolute Gasteiger partial charge is 0.493 e. The molecule has 0 atom stereocenters. The molecule has 0 saturated carbocycles. The Morgan fingerprint density at radius 2 is 1.13 bits per heavy atom. The molecular weight excluding hydrogens is 490 g/mol. The highest BCUT2D eigenvalue weighted by molar-refractivity contribution is 6.61. The van der Waals surface area contributed by atoms with Gasteiger partial charge in [-0.25, -0.2) is 0 Å². The first-order valence-electron chi connectivity index (χ1n) is 15.1. The van der Waals surface area contributed by atoms with Crippen LogP contribution in [-0.4, -0.2) is 60.9 Å². The van der Waals surface area contributed by atoms with E-state index in [9.17, 15) is 20.3 Å². The van der Waals surface area contributed by atoms with Crippen molar-refractivity contribution in [1.82, 2.24) is 0 Å². The molecule has 1 aliphatic rings. The Kier molecular flexibility index (Phi) is 13.5. The van der Waals surface area contributed by atoms with Gasteiger partial charge >= 0.3 is 14.2 Å². The van der Waals surface area contributed by atoms with Crippen molar-refractivity contribution in [2.75, 3.05) is 26.4 Å². The first kappa shape index (κ1) is 31.9. The molecule has 0 unspecified atom stereocenters. The van der Waals surface area contributed by atoms with Gasteiger partial charge in [0.05, 0.1) is 0 Å². The van der Waals surface area contributed by atoms with Crippen LogP contribution in [0.2, 0.25) is 0 Å². The standard InChI is InChI=1S/C31H48B2O6/c1-3-5-7-9-17-31(18-10-8-6-4-2)29-23-25(32(36)37)13-15-27(29)28-16-14-26(24-30(28)31)33(38-21-11-19-34)39-22-12-20-35/h13-16,23-24,34-37H,3-12,17-22H2,1-2H3. The summed E-state index contributed by atoms with van der Waals surface area (Å²) in [7, 11) is -2.08. The second-order valence-corrected chi connectivity index (χ2v) is 10.9. The summed E-state index contributed by atoms with van der Waals surface area (Å²) in [5.74, 6) is 0. The van der Waals surface area contributed by atoms with Gasteiger partial charge in [-0.15, -0.1) is 0 Å². The summed E-state index contributed by atoms with van der Waals surface area (Å²) < 4.78 is 12.1. The Morgan fingerprint density at radius 1 is 0.641 bits per heavy atom. The lowest BCUT2D eigenvalue weighted by Crippen LogP contribution is -2.39. The second kappa shape index (κ2) is 16.6. The lowest BCUT2D eigenvalue weighted by atomic mass is 9.67. The van der Waals surface area contributed by atoms with Crippen LogP contribution in [0, 0.1) is 0 Å². The van der Waals surface area contributed by atoms with E-state index in [0.717, 1.165) is 31.1 Å². The SMILES string of the molecule is CCCCCCC1(CCCCCC)c2cc(B(O)O)ccc2-c2ccc(B(OCCCO)OCCCO)cc21. The van der Waals surface area contributed by atoms with Crippen molar-refractivity contribution in [2.24, 2.45) is 0 Å². The Morgan fingerprint density at radius 3 is 1.59 bits per heavy atom. The van der Waals surface area contributed by atoms with Gasteiger partial charge < -0.3 is 29.6 Å². The summed E-state index contributed by atoms with van der Waals surface area (Å²) in [6.07, 6.45) is 12.4. The molecule has 2 aromatic rings. The molecule has 2 aromatic carbocycles. The van der Waals surface area contributed by atoms with Gasteiger partial charge in [0.2, 0.25) is 0 Å². The zero-order valence-electron chi connectivity index (χ0n) is 24.0. The molecule has 0 bridgehead atoms.